The molecule has 5 heteroatoms. The standard InChI is InChI=1S/C20H20N2O3/c1-15(23)21(13-16-8-4-2-5-9-16)18-12-19(24)22(20(18)25)14-17-10-6-3-7-11-17/h2-11,18H,12-14H2,1H3/t18-/m1/s1. The zero-order valence-electron chi connectivity index (χ0n) is 14.1. The minimum atomic E-state index is -0.728. The van der Waals surface area contributed by atoms with Gasteiger partial charge in [-0.25, -0.2) is 0 Å². The van der Waals surface area contributed by atoms with E-state index in [2.05, 4.69) is 0 Å². The SMILES string of the molecule is CC(=O)N(Cc1ccccc1)[C@@H]1CC(=O)N(Cc2ccccc2)C1=O. The third-order valence-electron chi connectivity index (χ3n) is 4.38. The van der Waals surface area contributed by atoms with Crippen LogP contribution in [-0.4, -0.2) is 33.6 Å². The number of hydrogen-bond acceptors (Lipinski definition) is 3. The zero-order chi connectivity index (χ0) is 17.8. The van der Waals surface area contributed by atoms with Crippen molar-refractivity contribution in [2.45, 2.75) is 32.5 Å². The van der Waals surface area contributed by atoms with Crippen LogP contribution in [0.3, 0.4) is 0 Å². The Morgan fingerprint density at radius 3 is 2.12 bits per heavy atom. The van der Waals surface area contributed by atoms with Gasteiger partial charge in [-0.1, -0.05) is 60.7 Å². The minimum Gasteiger partial charge on any atom is -0.326 e. The average Bonchev–Trinajstić information content (AvgIpc) is 2.89. The Labute approximate surface area is 146 Å². The van der Waals surface area contributed by atoms with E-state index in [1.165, 1.54) is 16.7 Å². The lowest BCUT2D eigenvalue weighted by Crippen LogP contribution is -2.43. The maximum absolute atomic E-state index is 12.8. The Morgan fingerprint density at radius 2 is 1.56 bits per heavy atom. The van der Waals surface area contributed by atoms with E-state index in [4.69, 9.17) is 0 Å². The van der Waals surface area contributed by atoms with E-state index in [0.29, 0.717) is 6.54 Å². The molecule has 128 valence electrons. The molecular weight excluding hydrogens is 316 g/mol. The van der Waals surface area contributed by atoms with Crippen molar-refractivity contribution >= 4 is 17.7 Å². The van der Waals surface area contributed by atoms with E-state index in [1.807, 2.05) is 60.7 Å². The first-order chi connectivity index (χ1) is 12.1. The monoisotopic (exact) mass is 336 g/mol. The number of carbonyl (C=O) groups excluding carboxylic acids is 3. The summed E-state index contributed by atoms with van der Waals surface area (Å²) in [5.41, 5.74) is 1.82. The van der Waals surface area contributed by atoms with Crippen LogP contribution in [0.5, 0.6) is 0 Å². The lowest BCUT2D eigenvalue weighted by molar-refractivity contribution is -0.144. The molecule has 0 N–H and O–H groups in total. The topological polar surface area (TPSA) is 57.7 Å². The molecule has 1 aliphatic rings. The van der Waals surface area contributed by atoms with Crippen molar-refractivity contribution in [3.05, 3.63) is 71.8 Å². The fraction of sp³-hybridized carbons (Fsp3) is 0.250. The van der Waals surface area contributed by atoms with Crippen LogP contribution in [0.4, 0.5) is 0 Å². The molecule has 0 radical (unpaired) electrons. The summed E-state index contributed by atoms with van der Waals surface area (Å²) in [5, 5.41) is 0. The number of rotatable bonds is 5. The van der Waals surface area contributed by atoms with Crippen LogP contribution in [0.15, 0.2) is 60.7 Å². The van der Waals surface area contributed by atoms with Crippen LogP contribution in [-0.2, 0) is 27.5 Å². The van der Waals surface area contributed by atoms with Gasteiger partial charge in [-0.05, 0) is 11.1 Å². The molecule has 0 bridgehead atoms. The van der Waals surface area contributed by atoms with Crippen molar-refractivity contribution in [2.75, 3.05) is 0 Å². The number of imide groups is 1. The number of amides is 3. The van der Waals surface area contributed by atoms with Crippen molar-refractivity contribution in [3.8, 4) is 0 Å². The van der Waals surface area contributed by atoms with Crippen molar-refractivity contribution in [2.24, 2.45) is 0 Å². The number of hydrogen-bond donors (Lipinski definition) is 0. The van der Waals surface area contributed by atoms with E-state index in [9.17, 15) is 14.4 Å². The average molecular weight is 336 g/mol. The molecule has 3 rings (SSSR count). The summed E-state index contributed by atoms with van der Waals surface area (Å²) in [4.78, 5) is 39.9. The fourth-order valence-corrected chi connectivity index (χ4v) is 3.06. The third kappa shape index (κ3) is 3.76. The summed E-state index contributed by atoms with van der Waals surface area (Å²) >= 11 is 0. The molecule has 2 aromatic rings. The van der Waals surface area contributed by atoms with Crippen molar-refractivity contribution in [1.82, 2.24) is 9.80 Å². The van der Waals surface area contributed by atoms with Gasteiger partial charge in [0, 0.05) is 13.5 Å². The highest BCUT2D eigenvalue weighted by Gasteiger charge is 2.42. The van der Waals surface area contributed by atoms with Gasteiger partial charge >= 0.3 is 0 Å². The maximum Gasteiger partial charge on any atom is 0.252 e. The number of carbonyl (C=O) groups is 3. The van der Waals surface area contributed by atoms with E-state index >= 15 is 0 Å². The minimum absolute atomic E-state index is 0.0398. The Kier molecular flexibility index (Phi) is 4.93. The van der Waals surface area contributed by atoms with Gasteiger partial charge in [-0.3, -0.25) is 19.3 Å². The molecule has 25 heavy (non-hydrogen) atoms. The smallest absolute Gasteiger partial charge is 0.252 e. The van der Waals surface area contributed by atoms with E-state index in [0.717, 1.165) is 11.1 Å². The molecule has 1 aliphatic heterocycles. The first-order valence-electron chi connectivity index (χ1n) is 8.25. The normalized spacial score (nSPS) is 17.0. The second-order valence-electron chi connectivity index (χ2n) is 6.16. The predicted molar refractivity (Wildman–Crippen MR) is 93.1 cm³/mol. The summed E-state index contributed by atoms with van der Waals surface area (Å²) in [6.07, 6.45) is 0.0398. The van der Waals surface area contributed by atoms with Crippen LogP contribution in [0.1, 0.15) is 24.5 Å². The summed E-state index contributed by atoms with van der Waals surface area (Å²) in [6.45, 7) is 1.99. The van der Waals surface area contributed by atoms with Gasteiger partial charge in [-0.15, -0.1) is 0 Å². The van der Waals surface area contributed by atoms with Crippen molar-refractivity contribution in [3.63, 3.8) is 0 Å². The predicted octanol–water partition coefficient (Wildman–Crippen LogP) is 2.36. The highest BCUT2D eigenvalue weighted by molar-refractivity contribution is 6.06. The lowest BCUT2D eigenvalue weighted by Gasteiger charge is -2.26. The molecule has 0 aromatic heterocycles. The molecule has 1 heterocycles. The summed E-state index contributed by atoms with van der Waals surface area (Å²) in [5.74, 6) is -0.755. The maximum atomic E-state index is 12.8. The number of nitrogens with zero attached hydrogens (tertiary/aromatic N) is 2. The van der Waals surface area contributed by atoms with Gasteiger partial charge in [0.2, 0.25) is 11.8 Å². The Bertz CT molecular complexity index is 774. The molecule has 0 unspecified atom stereocenters. The molecule has 0 aliphatic carbocycles. The molecule has 2 aromatic carbocycles. The largest absolute Gasteiger partial charge is 0.326 e. The molecule has 0 spiro atoms. The molecule has 5 nitrogen and oxygen atoms in total. The second kappa shape index (κ2) is 7.30. The Morgan fingerprint density at radius 1 is 1.00 bits per heavy atom. The highest BCUT2D eigenvalue weighted by atomic mass is 16.2. The van der Waals surface area contributed by atoms with E-state index in [1.54, 1.807) is 0 Å². The van der Waals surface area contributed by atoms with Crippen LogP contribution in [0.2, 0.25) is 0 Å². The van der Waals surface area contributed by atoms with Gasteiger partial charge < -0.3 is 4.90 Å². The Hall–Kier alpha value is -2.95. The highest BCUT2D eigenvalue weighted by Crippen LogP contribution is 2.23. The van der Waals surface area contributed by atoms with Crippen molar-refractivity contribution in [1.29, 1.82) is 0 Å². The van der Waals surface area contributed by atoms with Crippen LogP contribution in [0, 0.1) is 0 Å². The van der Waals surface area contributed by atoms with Crippen LogP contribution >= 0.6 is 0 Å². The second-order valence-corrected chi connectivity index (χ2v) is 6.16. The zero-order valence-corrected chi connectivity index (χ0v) is 14.1. The van der Waals surface area contributed by atoms with E-state index in [-0.39, 0.29) is 30.7 Å². The molecular formula is C20H20N2O3. The van der Waals surface area contributed by atoms with Crippen LogP contribution < -0.4 is 0 Å². The summed E-state index contributed by atoms with van der Waals surface area (Å²) in [6, 6.07) is 18.1. The quantitative estimate of drug-likeness (QED) is 0.788. The fourth-order valence-electron chi connectivity index (χ4n) is 3.06. The van der Waals surface area contributed by atoms with Crippen LogP contribution in [0.25, 0.3) is 0 Å². The van der Waals surface area contributed by atoms with Gasteiger partial charge in [0.25, 0.3) is 5.91 Å². The first-order valence-corrected chi connectivity index (χ1v) is 8.25. The van der Waals surface area contributed by atoms with Gasteiger partial charge in [-0.2, -0.15) is 0 Å². The summed E-state index contributed by atoms with van der Waals surface area (Å²) in [7, 11) is 0. The number of benzene rings is 2. The van der Waals surface area contributed by atoms with Gasteiger partial charge in [0.1, 0.15) is 6.04 Å². The molecule has 0 saturated carbocycles. The van der Waals surface area contributed by atoms with Gasteiger partial charge in [0.15, 0.2) is 0 Å². The Balaban J connectivity index is 1.77. The molecule has 1 atom stereocenters. The first kappa shape index (κ1) is 16.9. The van der Waals surface area contributed by atoms with Crippen molar-refractivity contribution < 1.29 is 14.4 Å². The van der Waals surface area contributed by atoms with E-state index < -0.39 is 6.04 Å². The third-order valence-corrected chi connectivity index (χ3v) is 4.38. The number of likely N-dealkylation sites (tertiary alicyclic amines) is 1. The summed E-state index contributed by atoms with van der Waals surface area (Å²) < 4.78 is 0. The molecule has 3 amide bonds. The lowest BCUT2D eigenvalue weighted by atomic mass is 10.1. The molecule has 1 fully saturated rings. The van der Waals surface area contributed by atoms with Gasteiger partial charge in [0.05, 0.1) is 13.0 Å². The molecule has 1 saturated heterocycles.